The molecule has 7 nitrogen and oxygen atoms in total. The van der Waals surface area contributed by atoms with Crippen LogP contribution in [0, 0.1) is 0 Å². The van der Waals surface area contributed by atoms with Gasteiger partial charge in [-0.25, -0.2) is 0 Å². The Hall–Kier alpha value is -2.41. The molecule has 2 heterocycles. The van der Waals surface area contributed by atoms with Gasteiger partial charge in [0.05, 0.1) is 17.5 Å². The van der Waals surface area contributed by atoms with Crippen molar-refractivity contribution in [1.29, 1.82) is 0 Å². The molecule has 2 aliphatic rings. The number of anilines is 2. The average molecular weight is 331 g/mol. The van der Waals surface area contributed by atoms with Crippen LogP contribution in [0.2, 0.25) is 0 Å². The Morgan fingerprint density at radius 3 is 2.92 bits per heavy atom. The van der Waals surface area contributed by atoms with Crippen molar-refractivity contribution >= 4 is 29.1 Å². The van der Waals surface area contributed by atoms with Gasteiger partial charge < -0.3 is 20.3 Å². The lowest BCUT2D eigenvalue weighted by Crippen LogP contribution is -2.42. The Kier molecular flexibility index (Phi) is 5.10. The summed E-state index contributed by atoms with van der Waals surface area (Å²) in [6, 6.07) is 7.14. The molecule has 0 bridgehead atoms. The van der Waals surface area contributed by atoms with Crippen LogP contribution in [-0.4, -0.2) is 43.5 Å². The molecule has 1 aromatic carbocycles. The number of benzene rings is 1. The second-order valence-corrected chi connectivity index (χ2v) is 5.98. The molecule has 1 saturated heterocycles. The summed E-state index contributed by atoms with van der Waals surface area (Å²) in [4.78, 5) is 37.5. The number of carbonyl (C=O) groups excluding carboxylic acids is 3. The highest BCUT2D eigenvalue weighted by Gasteiger charge is 2.26. The maximum absolute atomic E-state index is 12.4. The minimum absolute atomic E-state index is 0.0205. The van der Waals surface area contributed by atoms with Crippen molar-refractivity contribution in [2.24, 2.45) is 0 Å². The van der Waals surface area contributed by atoms with E-state index < -0.39 is 0 Å². The normalized spacial score (nSPS) is 19.6. The fraction of sp³-hybridized carbons (Fsp3) is 0.471. The lowest BCUT2D eigenvalue weighted by Gasteiger charge is -2.29. The zero-order chi connectivity index (χ0) is 16.9. The van der Waals surface area contributed by atoms with E-state index in [1.165, 1.54) is 4.90 Å². The van der Waals surface area contributed by atoms with Crippen LogP contribution in [0.25, 0.3) is 0 Å². The lowest BCUT2D eigenvalue weighted by molar-refractivity contribution is -0.126. The number of nitrogens with one attached hydrogen (secondary N) is 2. The van der Waals surface area contributed by atoms with Gasteiger partial charge in [0.25, 0.3) is 0 Å². The second-order valence-electron chi connectivity index (χ2n) is 5.98. The first-order valence-corrected chi connectivity index (χ1v) is 8.21. The van der Waals surface area contributed by atoms with E-state index in [2.05, 4.69) is 10.6 Å². The number of ether oxygens (including phenoxy) is 1. The number of rotatable bonds is 5. The van der Waals surface area contributed by atoms with E-state index >= 15 is 0 Å². The van der Waals surface area contributed by atoms with Gasteiger partial charge in [0.1, 0.15) is 6.54 Å². The topological polar surface area (TPSA) is 87.7 Å². The van der Waals surface area contributed by atoms with Crippen molar-refractivity contribution in [3.05, 3.63) is 24.3 Å². The first-order valence-electron chi connectivity index (χ1n) is 8.21. The molecule has 1 aromatic rings. The zero-order valence-electron chi connectivity index (χ0n) is 13.4. The Labute approximate surface area is 140 Å². The summed E-state index contributed by atoms with van der Waals surface area (Å²) in [6.45, 7) is 1.21. The number of nitrogens with zero attached hydrogens (tertiary/aromatic N) is 1. The molecule has 0 radical (unpaired) electrons. The first-order chi connectivity index (χ1) is 11.6. The van der Waals surface area contributed by atoms with Crippen LogP contribution in [0.3, 0.4) is 0 Å². The van der Waals surface area contributed by atoms with Gasteiger partial charge in [-0.3, -0.25) is 14.4 Å². The van der Waals surface area contributed by atoms with E-state index in [0.29, 0.717) is 17.9 Å². The van der Waals surface area contributed by atoms with Gasteiger partial charge in [-0.1, -0.05) is 12.1 Å². The number of carbonyl (C=O) groups is 3. The van der Waals surface area contributed by atoms with Crippen LogP contribution in [-0.2, 0) is 19.1 Å². The average Bonchev–Trinajstić information content (AvgIpc) is 3.10. The Balaban J connectivity index is 1.51. The summed E-state index contributed by atoms with van der Waals surface area (Å²) in [5.74, 6) is -0.636. The number of para-hydroxylation sites is 2. The standard InChI is InChI=1S/C17H21N3O4/c21-15(18-10-12-4-3-9-24-12)7-8-17(23)20-11-16(22)19-13-5-1-2-6-14(13)20/h1-2,5-6,12H,3-4,7-11H2,(H,18,21)(H,19,22). The molecule has 7 heteroatoms. The van der Waals surface area contributed by atoms with Crippen LogP contribution >= 0.6 is 0 Å². The van der Waals surface area contributed by atoms with Gasteiger partial charge in [0, 0.05) is 26.0 Å². The lowest BCUT2D eigenvalue weighted by atomic mass is 10.1. The van der Waals surface area contributed by atoms with Gasteiger partial charge in [-0.05, 0) is 25.0 Å². The summed E-state index contributed by atoms with van der Waals surface area (Å²) in [5.41, 5.74) is 1.28. The molecule has 0 aromatic heterocycles. The number of fused-ring (bicyclic) bond motifs is 1. The maximum atomic E-state index is 12.4. The Morgan fingerprint density at radius 2 is 2.12 bits per heavy atom. The Morgan fingerprint density at radius 1 is 1.29 bits per heavy atom. The Bertz CT molecular complexity index is 640. The van der Waals surface area contributed by atoms with Crippen LogP contribution in [0.5, 0.6) is 0 Å². The van der Waals surface area contributed by atoms with Gasteiger partial charge in [-0.15, -0.1) is 0 Å². The van der Waals surface area contributed by atoms with E-state index in [0.717, 1.165) is 19.4 Å². The molecule has 0 aliphatic carbocycles. The van der Waals surface area contributed by atoms with Gasteiger partial charge in [-0.2, -0.15) is 0 Å². The predicted molar refractivity (Wildman–Crippen MR) is 88.6 cm³/mol. The first kappa shape index (κ1) is 16.4. The zero-order valence-corrected chi connectivity index (χ0v) is 13.4. The van der Waals surface area contributed by atoms with E-state index in [-0.39, 0.29) is 43.2 Å². The molecule has 3 amide bonds. The molecule has 1 unspecified atom stereocenters. The van der Waals surface area contributed by atoms with Crippen molar-refractivity contribution in [3.63, 3.8) is 0 Å². The third kappa shape index (κ3) is 3.91. The summed E-state index contributed by atoms with van der Waals surface area (Å²) in [5, 5.41) is 5.53. The molecular formula is C17H21N3O4. The fourth-order valence-corrected chi connectivity index (χ4v) is 2.93. The van der Waals surface area contributed by atoms with E-state index in [1.807, 2.05) is 6.07 Å². The molecule has 128 valence electrons. The van der Waals surface area contributed by atoms with E-state index in [9.17, 15) is 14.4 Å². The SMILES string of the molecule is O=C(CCC(=O)N1CC(=O)Nc2ccccc21)NCC1CCCO1. The van der Waals surface area contributed by atoms with Crippen molar-refractivity contribution < 1.29 is 19.1 Å². The van der Waals surface area contributed by atoms with Gasteiger partial charge >= 0.3 is 0 Å². The minimum atomic E-state index is -0.232. The minimum Gasteiger partial charge on any atom is -0.376 e. The van der Waals surface area contributed by atoms with E-state index in [4.69, 9.17) is 4.74 Å². The van der Waals surface area contributed by atoms with Crippen LogP contribution in [0.1, 0.15) is 25.7 Å². The fourth-order valence-electron chi connectivity index (χ4n) is 2.93. The summed E-state index contributed by atoms with van der Waals surface area (Å²) < 4.78 is 5.44. The van der Waals surface area contributed by atoms with Gasteiger partial charge in [0.15, 0.2) is 0 Å². The third-order valence-electron chi connectivity index (χ3n) is 4.19. The van der Waals surface area contributed by atoms with Gasteiger partial charge in [0.2, 0.25) is 17.7 Å². The van der Waals surface area contributed by atoms with Crippen LogP contribution in [0.15, 0.2) is 24.3 Å². The number of hydrogen-bond donors (Lipinski definition) is 2. The third-order valence-corrected chi connectivity index (χ3v) is 4.19. The smallest absolute Gasteiger partial charge is 0.244 e. The van der Waals surface area contributed by atoms with E-state index in [1.54, 1.807) is 18.2 Å². The van der Waals surface area contributed by atoms with Crippen LogP contribution in [0.4, 0.5) is 11.4 Å². The predicted octanol–water partition coefficient (Wildman–Crippen LogP) is 1.05. The summed E-state index contributed by atoms with van der Waals surface area (Å²) in [7, 11) is 0. The van der Waals surface area contributed by atoms with Crippen molar-refractivity contribution in [1.82, 2.24) is 5.32 Å². The second kappa shape index (κ2) is 7.44. The molecule has 1 fully saturated rings. The highest BCUT2D eigenvalue weighted by molar-refractivity contribution is 6.10. The molecule has 3 rings (SSSR count). The molecule has 2 aliphatic heterocycles. The van der Waals surface area contributed by atoms with Crippen molar-refractivity contribution in [3.8, 4) is 0 Å². The van der Waals surface area contributed by atoms with Crippen molar-refractivity contribution in [2.75, 3.05) is 29.9 Å². The molecule has 24 heavy (non-hydrogen) atoms. The van der Waals surface area contributed by atoms with Crippen molar-refractivity contribution in [2.45, 2.75) is 31.8 Å². The molecule has 0 spiro atoms. The highest BCUT2D eigenvalue weighted by atomic mass is 16.5. The summed E-state index contributed by atoms with van der Waals surface area (Å²) >= 11 is 0. The molecule has 0 saturated carbocycles. The summed E-state index contributed by atoms with van der Waals surface area (Å²) in [6.07, 6.45) is 2.24. The maximum Gasteiger partial charge on any atom is 0.244 e. The van der Waals surface area contributed by atoms with Crippen LogP contribution < -0.4 is 15.5 Å². The molecular weight excluding hydrogens is 310 g/mol. The highest BCUT2D eigenvalue weighted by Crippen LogP contribution is 2.29. The monoisotopic (exact) mass is 331 g/mol. The quantitative estimate of drug-likeness (QED) is 0.844. The largest absolute Gasteiger partial charge is 0.376 e. The molecule has 2 N–H and O–H groups in total. The number of amides is 3. The molecule has 1 atom stereocenters. The number of hydrogen-bond acceptors (Lipinski definition) is 4.